The number of amides is 1. The SMILES string of the molecule is CCCC(=O)Nc1cncc2[nH]cnc12. The van der Waals surface area contributed by atoms with Gasteiger partial charge >= 0.3 is 0 Å². The number of hydrogen-bond donors (Lipinski definition) is 2. The number of H-pyrrole nitrogens is 1. The summed E-state index contributed by atoms with van der Waals surface area (Å²) in [4.78, 5) is 22.5. The van der Waals surface area contributed by atoms with Crippen LogP contribution >= 0.6 is 0 Å². The summed E-state index contributed by atoms with van der Waals surface area (Å²) >= 11 is 0. The zero-order valence-electron chi connectivity index (χ0n) is 8.45. The first-order valence-corrected chi connectivity index (χ1v) is 4.88. The van der Waals surface area contributed by atoms with Crippen molar-refractivity contribution in [2.75, 3.05) is 5.32 Å². The molecule has 2 aromatic rings. The van der Waals surface area contributed by atoms with Crippen molar-refractivity contribution in [2.24, 2.45) is 0 Å². The maximum Gasteiger partial charge on any atom is 0.224 e. The number of nitrogens with zero attached hydrogens (tertiary/aromatic N) is 2. The zero-order valence-corrected chi connectivity index (χ0v) is 8.45. The Morgan fingerprint density at radius 2 is 2.40 bits per heavy atom. The highest BCUT2D eigenvalue weighted by Crippen LogP contribution is 2.17. The molecule has 2 N–H and O–H groups in total. The van der Waals surface area contributed by atoms with Crippen LogP contribution in [0, 0.1) is 0 Å². The summed E-state index contributed by atoms with van der Waals surface area (Å²) in [7, 11) is 0. The number of fused-ring (bicyclic) bond motifs is 1. The molecule has 0 spiro atoms. The predicted molar refractivity (Wildman–Crippen MR) is 57.4 cm³/mol. The summed E-state index contributed by atoms with van der Waals surface area (Å²) in [5.41, 5.74) is 2.23. The maximum absolute atomic E-state index is 11.4. The van der Waals surface area contributed by atoms with Gasteiger partial charge in [0.15, 0.2) is 0 Å². The molecule has 5 nitrogen and oxygen atoms in total. The minimum atomic E-state index is -0.00481. The van der Waals surface area contributed by atoms with Gasteiger partial charge in [0, 0.05) is 6.42 Å². The lowest BCUT2D eigenvalue weighted by molar-refractivity contribution is -0.116. The number of carbonyl (C=O) groups excluding carboxylic acids is 1. The summed E-state index contributed by atoms with van der Waals surface area (Å²) in [5.74, 6) is -0.00481. The third kappa shape index (κ3) is 1.96. The van der Waals surface area contributed by atoms with Crippen molar-refractivity contribution in [3.8, 4) is 0 Å². The molecule has 2 heterocycles. The van der Waals surface area contributed by atoms with Gasteiger partial charge in [0.25, 0.3) is 0 Å². The van der Waals surface area contributed by atoms with Crippen molar-refractivity contribution in [1.29, 1.82) is 0 Å². The molecular formula is C10H12N4O. The van der Waals surface area contributed by atoms with Crippen molar-refractivity contribution in [2.45, 2.75) is 19.8 Å². The van der Waals surface area contributed by atoms with Crippen LogP contribution < -0.4 is 5.32 Å². The Labute approximate surface area is 86.9 Å². The van der Waals surface area contributed by atoms with E-state index in [1.54, 1.807) is 18.7 Å². The molecule has 0 aromatic carbocycles. The number of pyridine rings is 1. The average molecular weight is 204 g/mol. The van der Waals surface area contributed by atoms with E-state index in [1.807, 2.05) is 6.92 Å². The fourth-order valence-corrected chi connectivity index (χ4v) is 1.40. The number of imidazole rings is 1. The molecule has 0 aliphatic heterocycles. The highest BCUT2D eigenvalue weighted by Gasteiger charge is 2.06. The number of rotatable bonds is 3. The van der Waals surface area contributed by atoms with E-state index in [1.165, 1.54) is 0 Å². The van der Waals surface area contributed by atoms with Gasteiger partial charge in [0.2, 0.25) is 5.91 Å². The molecular weight excluding hydrogens is 192 g/mol. The molecule has 0 radical (unpaired) electrons. The lowest BCUT2D eigenvalue weighted by Crippen LogP contribution is -2.11. The number of aromatic nitrogens is 3. The molecule has 0 saturated carbocycles. The number of anilines is 1. The van der Waals surface area contributed by atoms with Crippen LogP contribution in [0.5, 0.6) is 0 Å². The fourth-order valence-electron chi connectivity index (χ4n) is 1.40. The second-order valence-electron chi connectivity index (χ2n) is 3.28. The van der Waals surface area contributed by atoms with Crippen LogP contribution in [-0.4, -0.2) is 20.9 Å². The predicted octanol–water partition coefficient (Wildman–Crippen LogP) is 1.70. The molecule has 5 heteroatoms. The molecule has 2 aromatic heterocycles. The standard InChI is InChI=1S/C10H12N4O/c1-2-3-9(15)14-8-5-11-4-7-10(8)13-6-12-7/h4-6H,2-3H2,1H3,(H,12,13)(H,14,15). The average Bonchev–Trinajstić information content (AvgIpc) is 2.67. The largest absolute Gasteiger partial charge is 0.343 e. The Balaban J connectivity index is 2.27. The maximum atomic E-state index is 11.4. The number of carbonyl (C=O) groups is 1. The second-order valence-corrected chi connectivity index (χ2v) is 3.28. The Morgan fingerprint density at radius 1 is 1.53 bits per heavy atom. The summed E-state index contributed by atoms with van der Waals surface area (Å²) < 4.78 is 0. The highest BCUT2D eigenvalue weighted by molar-refractivity contribution is 5.98. The van der Waals surface area contributed by atoms with E-state index in [4.69, 9.17) is 0 Å². The highest BCUT2D eigenvalue weighted by atomic mass is 16.1. The summed E-state index contributed by atoms with van der Waals surface area (Å²) in [6.07, 6.45) is 6.22. The Kier molecular flexibility index (Phi) is 2.62. The van der Waals surface area contributed by atoms with Gasteiger partial charge in [-0.2, -0.15) is 0 Å². The van der Waals surface area contributed by atoms with Gasteiger partial charge < -0.3 is 10.3 Å². The van der Waals surface area contributed by atoms with Gasteiger partial charge in [-0.25, -0.2) is 4.98 Å². The number of nitrogens with one attached hydrogen (secondary N) is 2. The van der Waals surface area contributed by atoms with E-state index in [0.717, 1.165) is 17.5 Å². The lowest BCUT2D eigenvalue weighted by Gasteiger charge is -2.03. The molecule has 0 bridgehead atoms. The third-order valence-corrected chi connectivity index (χ3v) is 2.08. The first-order valence-electron chi connectivity index (χ1n) is 4.88. The Morgan fingerprint density at radius 3 is 3.20 bits per heavy atom. The van der Waals surface area contributed by atoms with Gasteiger partial charge in [-0.1, -0.05) is 6.92 Å². The molecule has 2 rings (SSSR count). The molecule has 0 atom stereocenters. The fraction of sp³-hybridized carbons (Fsp3) is 0.300. The van der Waals surface area contributed by atoms with Gasteiger partial charge in [-0.15, -0.1) is 0 Å². The van der Waals surface area contributed by atoms with Crippen LogP contribution in [0.3, 0.4) is 0 Å². The van der Waals surface area contributed by atoms with E-state index >= 15 is 0 Å². The molecule has 0 aliphatic carbocycles. The lowest BCUT2D eigenvalue weighted by atomic mass is 10.3. The van der Waals surface area contributed by atoms with E-state index in [0.29, 0.717) is 12.1 Å². The van der Waals surface area contributed by atoms with Gasteiger partial charge in [-0.05, 0) is 6.42 Å². The van der Waals surface area contributed by atoms with Gasteiger partial charge in [-0.3, -0.25) is 9.78 Å². The normalized spacial score (nSPS) is 10.5. The number of aromatic amines is 1. The van der Waals surface area contributed by atoms with Crippen molar-refractivity contribution in [3.63, 3.8) is 0 Å². The minimum Gasteiger partial charge on any atom is -0.343 e. The van der Waals surface area contributed by atoms with Crippen LogP contribution in [0.2, 0.25) is 0 Å². The monoisotopic (exact) mass is 204 g/mol. The van der Waals surface area contributed by atoms with Crippen LogP contribution in [-0.2, 0) is 4.79 Å². The summed E-state index contributed by atoms with van der Waals surface area (Å²) in [6, 6.07) is 0. The molecule has 0 aliphatic rings. The molecule has 78 valence electrons. The van der Waals surface area contributed by atoms with E-state index < -0.39 is 0 Å². The quantitative estimate of drug-likeness (QED) is 0.799. The third-order valence-electron chi connectivity index (χ3n) is 2.08. The first-order chi connectivity index (χ1) is 7.31. The van der Waals surface area contributed by atoms with Crippen LogP contribution in [0.25, 0.3) is 11.0 Å². The summed E-state index contributed by atoms with van der Waals surface area (Å²) in [5, 5.41) is 2.79. The Hall–Kier alpha value is -1.91. The van der Waals surface area contributed by atoms with Crippen molar-refractivity contribution >= 4 is 22.6 Å². The Bertz CT molecular complexity index is 477. The molecule has 15 heavy (non-hydrogen) atoms. The molecule has 0 unspecified atom stereocenters. The van der Waals surface area contributed by atoms with E-state index in [-0.39, 0.29) is 5.91 Å². The molecule has 0 fully saturated rings. The van der Waals surface area contributed by atoms with Crippen LogP contribution in [0.1, 0.15) is 19.8 Å². The van der Waals surface area contributed by atoms with Crippen molar-refractivity contribution < 1.29 is 4.79 Å². The van der Waals surface area contributed by atoms with Crippen molar-refractivity contribution in [1.82, 2.24) is 15.0 Å². The smallest absolute Gasteiger partial charge is 0.224 e. The zero-order chi connectivity index (χ0) is 10.7. The van der Waals surface area contributed by atoms with Crippen LogP contribution in [0.15, 0.2) is 18.7 Å². The van der Waals surface area contributed by atoms with E-state index in [2.05, 4.69) is 20.3 Å². The van der Waals surface area contributed by atoms with Crippen LogP contribution in [0.4, 0.5) is 5.69 Å². The summed E-state index contributed by atoms with van der Waals surface area (Å²) in [6.45, 7) is 1.97. The van der Waals surface area contributed by atoms with E-state index in [9.17, 15) is 4.79 Å². The van der Waals surface area contributed by atoms with Crippen molar-refractivity contribution in [3.05, 3.63) is 18.7 Å². The minimum absolute atomic E-state index is 0.00481. The first kappa shape index (κ1) is 9.64. The second kappa shape index (κ2) is 4.08. The van der Waals surface area contributed by atoms with Gasteiger partial charge in [0.1, 0.15) is 5.52 Å². The topological polar surface area (TPSA) is 70.7 Å². The molecule has 1 amide bonds. The number of hydrogen-bond acceptors (Lipinski definition) is 3. The molecule has 0 saturated heterocycles. The van der Waals surface area contributed by atoms with Gasteiger partial charge in [0.05, 0.1) is 29.9 Å².